The van der Waals surface area contributed by atoms with Crippen LogP contribution < -0.4 is 0 Å². The molecule has 0 aliphatic carbocycles. The smallest absolute Gasteiger partial charge is 0.264 e. The molecule has 0 radical (unpaired) electrons. The van der Waals surface area contributed by atoms with Crippen LogP contribution in [0.15, 0.2) is 41.8 Å². The Balaban J connectivity index is 1.63. The molecule has 0 unspecified atom stereocenters. The van der Waals surface area contributed by atoms with Crippen LogP contribution in [-0.4, -0.2) is 41.4 Å². The van der Waals surface area contributed by atoms with E-state index in [4.69, 9.17) is 0 Å². The second kappa shape index (κ2) is 6.63. The van der Waals surface area contributed by atoms with Crippen molar-refractivity contribution >= 4 is 17.2 Å². The van der Waals surface area contributed by atoms with Gasteiger partial charge in [-0.15, -0.1) is 11.3 Å². The van der Waals surface area contributed by atoms with E-state index < -0.39 is 0 Å². The molecule has 3 rings (SSSR count). The van der Waals surface area contributed by atoms with Crippen molar-refractivity contribution in [3.05, 3.63) is 57.8 Å². The first kappa shape index (κ1) is 15.3. The molecule has 116 valence electrons. The molecule has 0 bridgehead atoms. The standard InChI is InChI=1S/C18H22N2OS/c1-14-8-11-22-17(14)18(21)20-10-9-19(12-15(20)2)13-16-6-4-3-5-7-16/h3-8,11,15H,9-10,12-13H2,1-2H3/t15-/m1/s1. The van der Waals surface area contributed by atoms with Gasteiger partial charge < -0.3 is 4.90 Å². The van der Waals surface area contributed by atoms with Crippen molar-refractivity contribution in [3.8, 4) is 0 Å². The van der Waals surface area contributed by atoms with Crippen LogP contribution in [0.1, 0.15) is 27.7 Å². The summed E-state index contributed by atoms with van der Waals surface area (Å²) in [7, 11) is 0. The molecule has 4 heteroatoms. The molecule has 2 aromatic rings. The second-order valence-electron chi connectivity index (χ2n) is 6.00. The predicted molar refractivity (Wildman–Crippen MR) is 91.3 cm³/mol. The Hall–Kier alpha value is -1.65. The van der Waals surface area contributed by atoms with Crippen LogP contribution in [0, 0.1) is 6.92 Å². The molecule has 1 amide bonds. The molecule has 2 heterocycles. The average Bonchev–Trinajstić information content (AvgIpc) is 2.94. The zero-order valence-electron chi connectivity index (χ0n) is 13.2. The highest BCUT2D eigenvalue weighted by atomic mass is 32.1. The van der Waals surface area contributed by atoms with Crippen LogP contribution in [-0.2, 0) is 6.54 Å². The minimum Gasteiger partial charge on any atom is -0.333 e. The summed E-state index contributed by atoms with van der Waals surface area (Å²) in [6, 6.07) is 12.8. The number of piperazine rings is 1. The summed E-state index contributed by atoms with van der Waals surface area (Å²) in [5.74, 6) is 0.194. The minimum atomic E-state index is 0.194. The van der Waals surface area contributed by atoms with Gasteiger partial charge in [-0.1, -0.05) is 30.3 Å². The molecule has 1 aromatic carbocycles. The largest absolute Gasteiger partial charge is 0.333 e. The lowest BCUT2D eigenvalue weighted by Gasteiger charge is -2.39. The monoisotopic (exact) mass is 314 g/mol. The lowest BCUT2D eigenvalue weighted by atomic mass is 10.1. The number of hydrogen-bond acceptors (Lipinski definition) is 3. The van der Waals surface area contributed by atoms with Gasteiger partial charge in [0.2, 0.25) is 0 Å². The predicted octanol–water partition coefficient (Wildman–Crippen LogP) is 3.40. The van der Waals surface area contributed by atoms with Crippen molar-refractivity contribution in [2.75, 3.05) is 19.6 Å². The number of nitrogens with zero attached hydrogens (tertiary/aromatic N) is 2. The van der Waals surface area contributed by atoms with E-state index in [9.17, 15) is 4.79 Å². The number of hydrogen-bond donors (Lipinski definition) is 0. The van der Waals surface area contributed by atoms with E-state index in [0.717, 1.165) is 36.6 Å². The number of benzene rings is 1. The van der Waals surface area contributed by atoms with E-state index in [1.807, 2.05) is 29.3 Å². The van der Waals surface area contributed by atoms with Crippen molar-refractivity contribution in [2.24, 2.45) is 0 Å². The molecule has 1 aliphatic rings. The molecular weight excluding hydrogens is 292 g/mol. The maximum absolute atomic E-state index is 12.7. The van der Waals surface area contributed by atoms with Gasteiger partial charge in [-0.25, -0.2) is 0 Å². The van der Waals surface area contributed by atoms with E-state index in [1.165, 1.54) is 5.56 Å². The summed E-state index contributed by atoms with van der Waals surface area (Å²) >= 11 is 1.55. The Kier molecular flexibility index (Phi) is 4.60. The fraction of sp³-hybridized carbons (Fsp3) is 0.389. The summed E-state index contributed by atoms with van der Waals surface area (Å²) in [4.78, 5) is 18.0. The van der Waals surface area contributed by atoms with Crippen LogP contribution in [0.2, 0.25) is 0 Å². The van der Waals surface area contributed by atoms with Crippen LogP contribution >= 0.6 is 11.3 Å². The fourth-order valence-corrected chi connectivity index (χ4v) is 3.92. The molecular formula is C18H22N2OS. The van der Waals surface area contributed by atoms with E-state index in [0.29, 0.717) is 0 Å². The fourth-order valence-electron chi connectivity index (χ4n) is 3.04. The van der Waals surface area contributed by atoms with Gasteiger partial charge in [0, 0.05) is 32.2 Å². The number of thiophene rings is 1. The maximum atomic E-state index is 12.7. The topological polar surface area (TPSA) is 23.6 Å². The highest BCUT2D eigenvalue weighted by Crippen LogP contribution is 2.21. The number of amides is 1. The van der Waals surface area contributed by atoms with Crippen molar-refractivity contribution in [1.82, 2.24) is 9.80 Å². The Morgan fingerprint density at radius 1 is 1.23 bits per heavy atom. The maximum Gasteiger partial charge on any atom is 0.264 e. The first-order valence-corrected chi connectivity index (χ1v) is 8.64. The van der Waals surface area contributed by atoms with Crippen LogP contribution in [0.5, 0.6) is 0 Å². The summed E-state index contributed by atoms with van der Waals surface area (Å²) in [5.41, 5.74) is 2.43. The van der Waals surface area contributed by atoms with Crippen LogP contribution in [0.25, 0.3) is 0 Å². The van der Waals surface area contributed by atoms with E-state index in [1.54, 1.807) is 11.3 Å². The minimum absolute atomic E-state index is 0.194. The molecule has 1 saturated heterocycles. The molecule has 1 fully saturated rings. The highest BCUT2D eigenvalue weighted by Gasteiger charge is 2.29. The van der Waals surface area contributed by atoms with Gasteiger partial charge >= 0.3 is 0 Å². The average molecular weight is 314 g/mol. The van der Waals surface area contributed by atoms with Crippen LogP contribution in [0.3, 0.4) is 0 Å². The number of aryl methyl sites for hydroxylation is 1. The third-order valence-electron chi connectivity index (χ3n) is 4.28. The van der Waals surface area contributed by atoms with Gasteiger partial charge in [0.15, 0.2) is 0 Å². The van der Waals surface area contributed by atoms with Crippen LogP contribution in [0.4, 0.5) is 0 Å². The number of carbonyl (C=O) groups excluding carboxylic acids is 1. The van der Waals surface area contributed by atoms with Gasteiger partial charge in [0.05, 0.1) is 4.88 Å². The Bertz CT molecular complexity index is 638. The lowest BCUT2D eigenvalue weighted by molar-refractivity contribution is 0.0479. The first-order valence-electron chi connectivity index (χ1n) is 7.76. The third-order valence-corrected chi connectivity index (χ3v) is 5.28. The number of rotatable bonds is 3. The van der Waals surface area contributed by atoms with Crippen molar-refractivity contribution in [2.45, 2.75) is 26.4 Å². The summed E-state index contributed by atoms with van der Waals surface area (Å²) in [6.45, 7) is 7.81. The molecule has 1 atom stereocenters. The molecule has 22 heavy (non-hydrogen) atoms. The summed E-state index contributed by atoms with van der Waals surface area (Å²) < 4.78 is 0. The quantitative estimate of drug-likeness (QED) is 0.867. The van der Waals surface area contributed by atoms with Gasteiger partial charge in [-0.2, -0.15) is 0 Å². The van der Waals surface area contributed by atoms with Gasteiger partial charge in [-0.05, 0) is 36.4 Å². The molecule has 3 nitrogen and oxygen atoms in total. The van der Waals surface area contributed by atoms with E-state index in [-0.39, 0.29) is 11.9 Å². The molecule has 0 N–H and O–H groups in total. The van der Waals surface area contributed by atoms with Crippen molar-refractivity contribution in [1.29, 1.82) is 0 Å². The van der Waals surface area contributed by atoms with Crippen molar-refractivity contribution in [3.63, 3.8) is 0 Å². The SMILES string of the molecule is Cc1ccsc1C(=O)N1CCN(Cc2ccccc2)C[C@H]1C. The third kappa shape index (κ3) is 3.23. The van der Waals surface area contributed by atoms with Crippen molar-refractivity contribution < 1.29 is 4.79 Å². The van der Waals surface area contributed by atoms with Gasteiger partial charge in [0.1, 0.15) is 0 Å². The first-order chi connectivity index (χ1) is 10.6. The molecule has 1 aliphatic heterocycles. The van der Waals surface area contributed by atoms with Gasteiger partial charge in [-0.3, -0.25) is 9.69 Å². The summed E-state index contributed by atoms with van der Waals surface area (Å²) in [6.07, 6.45) is 0. The summed E-state index contributed by atoms with van der Waals surface area (Å²) in [5, 5.41) is 2.00. The Morgan fingerprint density at radius 2 is 2.00 bits per heavy atom. The normalized spacial score (nSPS) is 19.4. The Morgan fingerprint density at radius 3 is 2.64 bits per heavy atom. The van der Waals surface area contributed by atoms with E-state index in [2.05, 4.69) is 36.1 Å². The molecule has 0 saturated carbocycles. The zero-order valence-corrected chi connectivity index (χ0v) is 14.0. The van der Waals surface area contributed by atoms with E-state index >= 15 is 0 Å². The lowest BCUT2D eigenvalue weighted by Crippen LogP contribution is -2.53. The van der Waals surface area contributed by atoms with Gasteiger partial charge in [0.25, 0.3) is 5.91 Å². The Labute approximate surface area is 136 Å². The number of carbonyl (C=O) groups is 1. The highest BCUT2D eigenvalue weighted by molar-refractivity contribution is 7.12. The molecule has 0 spiro atoms. The zero-order chi connectivity index (χ0) is 15.5. The second-order valence-corrected chi connectivity index (χ2v) is 6.92. The molecule has 1 aromatic heterocycles.